The van der Waals surface area contributed by atoms with Crippen molar-refractivity contribution in [3.8, 4) is 0 Å². The van der Waals surface area contributed by atoms with Gasteiger partial charge in [0, 0.05) is 24.8 Å². The van der Waals surface area contributed by atoms with Gasteiger partial charge in [-0.3, -0.25) is 0 Å². The Labute approximate surface area is 181 Å². The molecule has 0 saturated carbocycles. The topological polar surface area (TPSA) is 59.1 Å². The van der Waals surface area contributed by atoms with Crippen LogP contribution in [0, 0.1) is 5.92 Å². The summed E-state index contributed by atoms with van der Waals surface area (Å²) in [7, 11) is 0. The van der Waals surface area contributed by atoms with Crippen molar-refractivity contribution >= 4 is 17.7 Å². The lowest BCUT2D eigenvalue weighted by Crippen LogP contribution is -2.55. The number of esters is 1. The number of carbonyl (C=O) groups is 2. The lowest BCUT2D eigenvalue weighted by atomic mass is 9.95. The predicted molar refractivity (Wildman–Crippen MR) is 120 cm³/mol. The van der Waals surface area contributed by atoms with Crippen LogP contribution in [0.5, 0.6) is 0 Å². The molecular weight excluding hydrogens is 380 g/mol. The fourth-order valence-corrected chi connectivity index (χ4v) is 3.86. The van der Waals surface area contributed by atoms with Gasteiger partial charge in [0.25, 0.3) is 0 Å². The fraction of sp³-hybridized carbons (Fsp3) is 0.667. The summed E-state index contributed by atoms with van der Waals surface area (Å²) < 4.78 is 11.1. The zero-order valence-electron chi connectivity index (χ0n) is 19.6. The Kier molecular flexibility index (Phi) is 8.16. The zero-order valence-corrected chi connectivity index (χ0v) is 19.6. The normalized spacial score (nSPS) is 16.5. The second kappa shape index (κ2) is 10.2. The van der Waals surface area contributed by atoms with Gasteiger partial charge in [0.1, 0.15) is 11.6 Å². The van der Waals surface area contributed by atoms with E-state index in [-0.39, 0.29) is 36.2 Å². The standard InChI is InChI=1S/C24H38N2O4/c1-17(2)21(22(27)29-18(3)4)26(19-11-9-8-10-12-19)20-13-15-25(16-14-20)23(28)30-24(5,6)7/h8-12,17-18,20-21H,13-16H2,1-7H3. The summed E-state index contributed by atoms with van der Waals surface area (Å²) in [6, 6.07) is 9.79. The number of benzene rings is 1. The van der Waals surface area contributed by atoms with Crippen LogP contribution < -0.4 is 4.90 Å². The molecule has 0 aromatic heterocycles. The molecule has 0 bridgehead atoms. The third-order valence-electron chi connectivity index (χ3n) is 5.09. The van der Waals surface area contributed by atoms with Crippen LogP contribution in [0.3, 0.4) is 0 Å². The van der Waals surface area contributed by atoms with Gasteiger partial charge >= 0.3 is 12.1 Å². The Hall–Kier alpha value is -2.24. The minimum atomic E-state index is -0.507. The second-order valence-corrected chi connectivity index (χ2v) is 9.62. The number of hydrogen-bond acceptors (Lipinski definition) is 5. The van der Waals surface area contributed by atoms with Crippen LogP contribution in [0.1, 0.15) is 61.3 Å². The monoisotopic (exact) mass is 418 g/mol. The van der Waals surface area contributed by atoms with Crippen LogP contribution in [0.15, 0.2) is 30.3 Å². The van der Waals surface area contributed by atoms with Gasteiger partial charge in [0.15, 0.2) is 0 Å². The van der Waals surface area contributed by atoms with Gasteiger partial charge in [-0.15, -0.1) is 0 Å². The number of anilines is 1. The number of likely N-dealkylation sites (tertiary alicyclic amines) is 1. The molecule has 0 spiro atoms. The summed E-state index contributed by atoms with van der Waals surface area (Å²) in [5.74, 6) is -0.112. The molecular formula is C24H38N2O4. The Balaban J connectivity index is 2.23. The highest BCUT2D eigenvalue weighted by molar-refractivity contribution is 5.81. The van der Waals surface area contributed by atoms with Gasteiger partial charge in [-0.2, -0.15) is 0 Å². The Bertz CT molecular complexity index is 689. The highest BCUT2D eigenvalue weighted by atomic mass is 16.6. The molecule has 2 rings (SSSR count). The van der Waals surface area contributed by atoms with Crippen LogP contribution >= 0.6 is 0 Å². The van der Waals surface area contributed by atoms with E-state index in [0.717, 1.165) is 18.5 Å². The van der Waals surface area contributed by atoms with Crippen molar-refractivity contribution in [3.63, 3.8) is 0 Å². The van der Waals surface area contributed by atoms with Crippen LogP contribution in [-0.2, 0) is 14.3 Å². The van der Waals surface area contributed by atoms with Crippen molar-refractivity contribution in [2.75, 3.05) is 18.0 Å². The highest BCUT2D eigenvalue weighted by Crippen LogP contribution is 2.30. The first-order valence-electron chi connectivity index (χ1n) is 11.0. The Morgan fingerprint density at radius 2 is 1.60 bits per heavy atom. The number of carbonyl (C=O) groups excluding carboxylic acids is 2. The van der Waals surface area contributed by atoms with E-state index in [1.54, 1.807) is 4.90 Å². The third kappa shape index (κ3) is 6.64. The summed E-state index contributed by atoms with van der Waals surface area (Å²) in [5, 5.41) is 0. The fourth-order valence-electron chi connectivity index (χ4n) is 3.86. The van der Waals surface area contributed by atoms with Crippen molar-refractivity contribution in [2.24, 2.45) is 5.92 Å². The number of nitrogens with zero attached hydrogens (tertiary/aromatic N) is 2. The van der Waals surface area contributed by atoms with Gasteiger partial charge in [0.05, 0.1) is 6.10 Å². The molecule has 1 saturated heterocycles. The van der Waals surface area contributed by atoms with E-state index in [9.17, 15) is 9.59 Å². The van der Waals surface area contributed by atoms with Crippen LogP contribution in [0.2, 0.25) is 0 Å². The van der Waals surface area contributed by atoms with Crippen molar-refractivity contribution in [1.82, 2.24) is 4.90 Å². The average molecular weight is 419 g/mol. The first kappa shape index (κ1) is 24.0. The summed E-state index contributed by atoms with van der Waals surface area (Å²) in [6.45, 7) is 14.7. The maximum atomic E-state index is 13.0. The number of para-hydroxylation sites is 1. The van der Waals surface area contributed by atoms with E-state index in [1.807, 2.05) is 65.0 Å². The molecule has 30 heavy (non-hydrogen) atoms. The minimum Gasteiger partial charge on any atom is -0.461 e. The Morgan fingerprint density at radius 1 is 1.03 bits per heavy atom. The van der Waals surface area contributed by atoms with Gasteiger partial charge in [0.2, 0.25) is 0 Å². The number of amides is 1. The number of ether oxygens (including phenoxy) is 2. The first-order valence-corrected chi connectivity index (χ1v) is 11.0. The second-order valence-electron chi connectivity index (χ2n) is 9.62. The predicted octanol–water partition coefficient (Wildman–Crippen LogP) is 4.87. The molecule has 1 aromatic rings. The van der Waals surface area contributed by atoms with Gasteiger partial charge in [-0.1, -0.05) is 32.0 Å². The molecule has 0 aliphatic carbocycles. The molecule has 168 valence electrons. The average Bonchev–Trinajstić information content (AvgIpc) is 2.64. The summed E-state index contributed by atoms with van der Waals surface area (Å²) in [5.41, 5.74) is 0.500. The van der Waals surface area contributed by atoms with Crippen molar-refractivity contribution < 1.29 is 19.1 Å². The molecule has 6 nitrogen and oxygen atoms in total. The van der Waals surface area contributed by atoms with Gasteiger partial charge in [-0.05, 0) is 65.5 Å². The maximum absolute atomic E-state index is 13.0. The van der Waals surface area contributed by atoms with E-state index in [4.69, 9.17) is 9.47 Å². The molecule has 1 aromatic carbocycles. The van der Waals surface area contributed by atoms with E-state index < -0.39 is 5.60 Å². The van der Waals surface area contributed by atoms with Crippen molar-refractivity contribution in [3.05, 3.63) is 30.3 Å². The van der Waals surface area contributed by atoms with Gasteiger partial charge in [-0.25, -0.2) is 9.59 Å². The molecule has 1 amide bonds. The third-order valence-corrected chi connectivity index (χ3v) is 5.09. The summed E-state index contributed by atoms with van der Waals surface area (Å²) in [6.07, 6.45) is 1.11. The Morgan fingerprint density at radius 3 is 2.07 bits per heavy atom. The smallest absolute Gasteiger partial charge is 0.410 e. The molecule has 0 N–H and O–H groups in total. The largest absolute Gasteiger partial charge is 0.461 e. The molecule has 6 heteroatoms. The lowest BCUT2D eigenvalue weighted by molar-refractivity contribution is -0.150. The van der Waals surface area contributed by atoms with Gasteiger partial charge < -0.3 is 19.3 Å². The first-order chi connectivity index (χ1) is 14.0. The molecule has 1 atom stereocenters. The van der Waals surface area contributed by atoms with Crippen LogP contribution in [-0.4, -0.2) is 53.8 Å². The molecule has 1 heterocycles. The van der Waals surface area contributed by atoms with Crippen LogP contribution in [0.4, 0.5) is 10.5 Å². The minimum absolute atomic E-state index is 0.0836. The zero-order chi connectivity index (χ0) is 22.5. The van der Waals surface area contributed by atoms with E-state index >= 15 is 0 Å². The maximum Gasteiger partial charge on any atom is 0.410 e. The van der Waals surface area contributed by atoms with Crippen molar-refractivity contribution in [2.45, 2.75) is 85.1 Å². The molecule has 1 fully saturated rings. The number of piperidine rings is 1. The quantitative estimate of drug-likeness (QED) is 0.617. The van der Waals surface area contributed by atoms with Crippen LogP contribution in [0.25, 0.3) is 0 Å². The highest BCUT2D eigenvalue weighted by Gasteiger charge is 2.38. The molecule has 0 radical (unpaired) electrons. The molecule has 1 aliphatic rings. The molecule has 1 unspecified atom stereocenters. The molecule has 1 aliphatic heterocycles. The summed E-state index contributed by atoms with van der Waals surface area (Å²) in [4.78, 5) is 29.5. The SMILES string of the molecule is CC(C)OC(=O)C(C(C)C)N(c1ccccc1)C1CCN(C(=O)OC(C)(C)C)CC1. The number of hydrogen-bond donors (Lipinski definition) is 0. The lowest BCUT2D eigenvalue weighted by Gasteiger charge is -2.44. The number of rotatable bonds is 6. The summed E-state index contributed by atoms with van der Waals surface area (Å²) >= 11 is 0. The van der Waals surface area contributed by atoms with E-state index in [2.05, 4.69) is 18.7 Å². The van der Waals surface area contributed by atoms with E-state index in [1.165, 1.54) is 0 Å². The van der Waals surface area contributed by atoms with E-state index in [0.29, 0.717) is 13.1 Å². The van der Waals surface area contributed by atoms with Crippen molar-refractivity contribution in [1.29, 1.82) is 0 Å².